The second-order valence-corrected chi connectivity index (χ2v) is 3.86. The lowest BCUT2D eigenvalue weighted by Crippen LogP contribution is -2.09. The molecule has 3 nitrogen and oxygen atoms in total. The van der Waals surface area contributed by atoms with E-state index in [9.17, 15) is 0 Å². The minimum absolute atomic E-state index is 0. The molecule has 4 N–H and O–H groups in total. The molecular weight excluding hydrogens is 362 g/mol. The first-order valence-corrected chi connectivity index (χ1v) is 5.10. The first kappa shape index (κ1) is 17.5. The van der Waals surface area contributed by atoms with Gasteiger partial charge in [-0.3, -0.25) is 0 Å². The highest BCUT2D eigenvalue weighted by Gasteiger charge is 1.99. The maximum Gasteiger partial charge on any atom is 0.177 e. The van der Waals surface area contributed by atoms with Gasteiger partial charge in [0.05, 0.1) is 0 Å². The van der Waals surface area contributed by atoms with Crippen LogP contribution in [0.4, 0.5) is 0 Å². The lowest BCUT2D eigenvalue weighted by molar-refractivity contribution is 1.24. The minimum atomic E-state index is 0. The molecule has 0 bridgehead atoms. The number of nitrogens with two attached hydrogens (primary N) is 2. The number of benzene rings is 1. The molecule has 0 radical (unpaired) electrons. The number of nitrogens with zero attached hydrogens (tertiary/aromatic N) is 1. The van der Waals surface area contributed by atoms with E-state index in [1.807, 2.05) is 24.3 Å². The summed E-state index contributed by atoms with van der Waals surface area (Å²) in [6.07, 6.45) is 0. The molecule has 0 fully saturated rings. The average molecular weight is 375 g/mol. The van der Waals surface area contributed by atoms with E-state index in [4.69, 9.17) is 11.6 Å². The van der Waals surface area contributed by atoms with Crippen LogP contribution in [0.5, 0.6) is 0 Å². The maximum atomic E-state index is 5.43. The Hall–Kier alpha value is 0.150. The fraction of sp³-hybridized carbons (Fsp3) is 0.125. The SMILES string of the molecule is Br.Br.N/N=C(\N)SCc1ccccc1S. The van der Waals surface area contributed by atoms with Gasteiger partial charge in [-0.15, -0.1) is 46.6 Å². The molecule has 0 aromatic heterocycles. The Kier molecular flexibility index (Phi) is 11.0. The molecule has 1 aromatic carbocycles. The molecule has 0 atom stereocenters. The third kappa shape index (κ3) is 6.34. The van der Waals surface area contributed by atoms with Crippen molar-refractivity contribution in [2.75, 3.05) is 0 Å². The van der Waals surface area contributed by atoms with Gasteiger partial charge in [0.2, 0.25) is 0 Å². The Morgan fingerprint density at radius 3 is 2.47 bits per heavy atom. The van der Waals surface area contributed by atoms with E-state index in [0.717, 1.165) is 16.2 Å². The van der Waals surface area contributed by atoms with E-state index < -0.39 is 0 Å². The quantitative estimate of drug-likeness (QED) is 0.245. The molecule has 0 saturated carbocycles. The van der Waals surface area contributed by atoms with Gasteiger partial charge in [0, 0.05) is 10.6 Å². The van der Waals surface area contributed by atoms with Crippen LogP contribution in [0, 0.1) is 0 Å². The molecule has 0 saturated heterocycles. The van der Waals surface area contributed by atoms with Gasteiger partial charge in [0.1, 0.15) is 0 Å². The Morgan fingerprint density at radius 1 is 1.33 bits per heavy atom. The average Bonchev–Trinajstić information content (AvgIpc) is 2.16. The lowest BCUT2D eigenvalue weighted by Gasteiger charge is -2.02. The van der Waals surface area contributed by atoms with Crippen molar-refractivity contribution >= 4 is 63.5 Å². The van der Waals surface area contributed by atoms with Gasteiger partial charge in [0.25, 0.3) is 0 Å². The fourth-order valence-corrected chi connectivity index (χ4v) is 1.80. The monoisotopic (exact) mass is 373 g/mol. The largest absolute Gasteiger partial charge is 0.377 e. The zero-order valence-electron chi connectivity index (χ0n) is 7.79. The van der Waals surface area contributed by atoms with Gasteiger partial charge < -0.3 is 11.6 Å². The zero-order valence-corrected chi connectivity index (χ0v) is 12.9. The summed E-state index contributed by atoms with van der Waals surface area (Å²) in [6, 6.07) is 7.84. The molecule has 15 heavy (non-hydrogen) atoms. The molecule has 0 spiro atoms. The number of rotatable bonds is 2. The first-order chi connectivity index (χ1) is 6.24. The van der Waals surface area contributed by atoms with Gasteiger partial charge in [-0.25, -0.2) is 0 Å². The van der Waals surface area contributed by atoms with Crippen molar-refractivity contribution in [3.63, 3.8) is 0 Å². The summed E-state index contributed by atoms with van der Waals surface area (Å²) in [5, 5.41) is 3.75. The van der Waals surface area contributed by atoms with Crippen molar-refractivity contribution in [3.8, 4) is 0 Å². The normalized spacial score (nSPS) is 10.1. The predicted molar refractivity (Wildman–Crippen MR) is 81.4 cm³/mol. The van der Waals surface area contributed by atoms with Crippen molar-refractivity contribution in [1.82, 2.24) is 0 Å². The molecule has 0 aliphatic heterocycles. The Bertz CT molecular complexity index is 321. The number of hydrazone groups is 1. The van der Waals surface area contributed by atoms with Crippen LogP contribution in [-0.4, -0.2) is 5.17 Å². The Morgan fingerprint density at radius 2 is 1.93 bits per heavy atom. The summed E-state index contributed by atoms with van der Waals surface area (Å²) in [5.41, 5.74) is 6.56. The second-order valence-electron chi connectivity index (χ2n) is 2.38. The van der Waals surface area contributed by atoms with Crippen molar-refractivity contribution in [1.29, 1.82) is 0 Å². The van der Waals surface area contributed by atoms with Crippen molar-refractivity contribution < 1.29 is 0 Å². The molecule has 1 aromatic rings. The molecule has 0 amide bonds. The number of hydrogen-bond acceptors (Lipinski definition) is 4. The van der Waals surface area contributed by atoms with E-state index >= 15 is 0 Å². The molecular formula is C8H13Br2N3S2. The topological polar surface area (TPSA) is 64.4 Å². The highest BCUT2D eigenvalue weighted by atomic mass is 79.9. The second kappa shape index (κ2) is 9.38. The van der Waals surface area contributed by atoms with Crippen LogP contribution in [0.1, 0.15) is 5.56 Å². The molecule has 86 valence electrons. The Labute approximate surface area is 120 Å². The van der Waals surface area contributed by atoms with Crippen LogP contribution in [0.3, 0.4) is 0 Å². The number of thiol groups is 1. The number of thioether (sulfide) groups is 1. The van der Waals surface area contributed by atoms with Crippen LogP contribution in [0.2, 0.25) is 0 Å². The van der Waals surface area contributed by atoms with Crippen LogP contribution >= 0.6 is 58.4 Å². The van der Waals surface area contributed by atoms with Gasteiger partial charge in [-0.05, 0) is 11.6 Å². The predicted octanol–water partition coefficient (Wildman–Crippen LogP) is 2.55. The maximum absolute atomic E-state index is 5.43. The summed E-state index contributed by atoms with van der Waals surface area (Å²) < 4.78 is 0. The van der Waals surface area contributed by atoms with Gasteiger partial charge >= 0.3 is 0 Å². The summed E-state index contributed by atoms with van der Waals surface area (Å²) >= 11 is 5.70. The number of hydrogen-bond donors (Lipinski definition) is 3. The van der Waals surface area contributed by atoms with Crippen LogP contribution in [0.25, 0.3) is 0 Å². The van der Waals surface area contributed by atoms with Gasteiger partial charge in [-0.2, -0.15) is 5.10 Å². The highest BCUT2D eigenvalue weighted by Crippen LogP contribution is 2.18. The molecule has 0 heterocycles. The van der Waals surface area contributed by atoms with Crippen molar-refractivity contribution in [2.45, 2.75) is 10.6 Å². The molecule has 0 aliphatic carbocycles. The summed E-state index contributed by atoms with van der Waals surface area (Å²) in [5.74, 6) is 5.74. The number of amidine groups is 1. The Balaban J connectivity index is 0. The van der Waals surface area contributed by atoms with E-state index in [-0.39, 0.29) is 34.0 Å². The summed E-state index contributed by atoms with van der Waals surface area (Å²) in [6.45, 7) is 0. The lowest BCUT2D eigenvalue weighted by atomic mass is 10.2. The van der Waals surface area contributed by atoms with Gasteiger partial charge in [-0.1, -0.05) is 30.0 Å². The third-order valence-corrected chi connectivity index (χ3v) is 2.79. The fourth-order valence-electron chi connectivity index (χ4n) is 0.822. The minimum Gasteiger partial charge on any atom is -0.377 e. The molecule has 1 rings (SSSR count). The van der Waals surface area contributed by atoms with E-state index in [0.29, 0.717) is 5.17 Å². The third-order valence-electron chi connectivity index (χ3n) is 1.49. The van der Waals surface area contributed by atoms with Crippen LogP contribution in [-0.2, 0) is 5.75 Å². The van der Waals surface area contributed by atoms with E-state index in [1.54, 1.807) is 0 Å². The zero-order chi connectivity index (χ0) is 9.68. The smallest absolute Gasteiger partial charge is 0.177 e. The van der Waals surface area contributed by atoms with Crippen LogP contribution < -0.4 is 11.6 Å². The molecule has 7 heteroatoms. The van der Waals surface area contributed by atoms with Crippen molar-refractivity contribution in [3.05, 3.63) is 29.8 Å². The van der Waals surface area contributed by atoms with Crippen molar-refractivity contribution in [2.24, 2.45) is 16.7 Å². The van der Waals surface area contributed by atoms with E-state index in [2.05, 4.69) is 17.7 Å². The first-order valence-electron chi connectivity index (χ1n) is 3.67. The summed E-state index contributed by atoms with van der Waals surface area (Å²) in [4.78, 5) is 0.958. The van der Waals surface area contributed by atoms with Crippen LogP contribution in [0.15, 0.2) is 34.3 Å². The summed E-state index contributed by atoms with van der Waals surface area (Å²) in [7, 11) is 0. The highest BCUT2D eigenvalue weighted by molar-refractivity contribution is 8.93. The van der Waals surface area contributed by atoms with E-state index in [1.165, 1.54) is 11.8 Å². The molecule has 0 aliphatic rings. The number of halogens is 2. The molecule has 0 unspecified atom stereocenters. The van der Waals surface area contributed by atoms with Gasteiger partial charge in [0.15, 0.2) is 5.17 Å². The standard InChI is InChI=1S/C8H11N3S2.2BrH/c9-8(11-10)13-5-6-3-1-2-4-7(6)12;;/h1-4,12H,5,10H2,(H2,9,11);2*1H.